The van der Waals surface area contributed by atoms with E-state index in [0.717, 1.165) is 38.1 Å². The molecule has 9 heteroatoms. The fraction of sp³-hybridized carbons (Fsp3) is 0.733. The molecule has 0 heterocycles. The van der Waals surface area contributed by atoms with Gasteiger partial charge in [0.15, 0.2) is 0 Å². The highest BCUT2D eigenvalue weighted by molar-refractivity contribution is 7.99. The first-order valence-corrected chi connectivity index (χ1v) is 8.57. The van der Waals surface area contributed by atoms with Crippen LogP contribution in [0.15, 0.2) is 0 Å². The number of methoxy groups -OCH3 is 1. The fourth-order valence-corrected chi connectivity index (χ4v) is 2.36. The third-order valence-corrected chi connectivity index (χ3v) is 3.77. The number of hydrogen-bond acceptors (Lipinski definition) is 5. The number of carbonyl (C=O) groups is 2. The van der Waals surface area contributed by atoms with Gasteiger partial charge in [0.1, 0.15) is 12.1 Å². The van der Waals surface area contributed by atoms with Crippen LogP contribution >= 0.6 is 11.8 Å². The summed E-state index contributed by atoms with van der Waals surface area (Å²) in [4.78, 5) is 22.3. The summed E-state index contributed by atoms with van der Waals surface area (Å²) in [5.41, 5.74) is 0. The molecule has 0 saturated carbocycles. The number of nitrogens with one attached hydrogen (secondary N) is 1. The number of aliphatic hydroxyl groups excluding tert-OH is 1. The maximum atomic E-state index is 12.2. The van der Waals surface area contributed by atoms with Crippen LogP contribution in [0.2, 0.25) is 0 Å². The zero-order chi connectivity index (χ0) is 18.6. The van der Waals surface area contributed by atoms with Crippen molar-refractivity contribution in [3.63, 3.8) is 0 Å². The van der Waals surface area contributed by atoms with Gasteiger partial charge in [0.05, 0.1) is 12.9 Å². The molecule has 2 unspecified atom stereocenters. The molecule has 0 aliphatic heterocycles. The van der Waals surface area contributed by atoms with Gasteiger partial charge in [-0.05, 0) is 12.8 Å². The van der Waals surface area contributed by atoms with Gasteiger partial charge in [-0.1, -0.05) is 31.6 Å². The first-order chi connectivity index (χ1) is 11.2. The van der Waals surface area contributed by atoms with Crippen molar-refractivity contribution in [3.8, 4) is 11.8 Å². The number of rotatable bonds is 9. The molecule has 24 heavy (non-hydrogen) atoms. The van der Waals surface area contributed by atoms with Crippen LogP contribution in [0.3, 0.4) is 0 Å². The number of thioether (sulfide) groups is 1. The summed E-state index contributed by atoms with van der Waals surface area (Å²) in [6.07, 6.45) is -2.33. The summed E-state index contributed by atoms with van der Waals surface area (Å²) < 4.78 is 41.0. The van der Waals surface area contributed by atoms with E-state index < -0.39 is 30.2 Å². The van der Waals surface area contributed by atoms with Crippen LogP contribution in [0.1, 0.15) is 32.6 Å². The lowest BCUT2D eigenvalue weighted by molar-refractivity contribution is -0.175. The smallest absolute Gasteiger partial charge is 0.467 e. The van der Waals surface area contributed by atoms with Crippen molar-refractivity contribution in [1.82, 2.24) is 5.32 Å². The Morgan fingerprint density at radius 3 is 2.54 bits per heavy atom. The minimum Gasteiger partial charge on any atom is -0.467 e. The second-order valence-electron chi connectivity index (χ2n) is 4.89. The van der Waals surface area contributed by atoms with Crippen LogP contribution in [-0.4, -0.2) is 53.9 Å². The van der Waals surface area contributed by atoms with Gasteiger partial charge in [-0.2, -0.15) is 13.2 Å². The number of hydrogen-bond donors (Lipinski definition) is 2. The molecule has 0 aliphatic carbocycles. The third kappa shape index (κ3) is 10.4. The van der Waals surface area contributed by atoms with Gasteiger partial charge in [0, 0.05) is 5.75 Å². The zero-order valence-electron chi connectivity index (χ0n) is 13.6. The van der Waals surface area contributed by atoms with Gasteiger partial charge in [0.25, 0.3) is 0 Å². The topological polar surface area (TPSA) is 75.6 Å². The van der Waals surface area contributed by atoms with E-state index in [2.05, 4.69) is 16.6 Å². The van der Waals surface area contributed by atoms with Gasteiger partial charge < -0.3 is 15.2 Å². The molecule has 0 fully saturated rings. The maximum Gasteiger partial charge on any atom is 0.471 e. The minimum absolute atomic E-state index is 0.116. The highest BCUT2D eigenvalue weighted by Gasteiger charge is 2.40. The van der Waals surface area contributed by atoms with E-state index in [1.54, 1.807) is 5.32 Å². The van der Waals surface area contributed by atoms with Crippen LogP contribution in [0.4, 0.5) is 13.2 Å². The van der Waals surface area contributed by atoms with Crippen molar-refractivity contribution >= 4 is 23.6 Å². The molecule has 1 amide bonds. The molecule has 0 saturated heterocycles. The number of aliphatic hydroxyl groups is 1. The third-order valence-electron chi connectivity index (χ3n) is 2.86. The Bertz CT molecular complexity index is 460. The average molecular weight is 369 g/mol. The predicted molar refractivity (Wildman–Crippen MR) is 85.3 cm³/mol. The van der Waals surface area contributed by atoms with E-state index in [9.17, 15) is 27.9 Å². The summed E-state index contributed by atoms with van der Waals surface area (Å²) >= 11 is 1.06. The van der Waals surface area contributed by atoms with Gasteiger partial charge in [-0.3, -0.25) is 4.79 Å². The number of ether oxygens (including phenoxy) is 1. The molecule has 0 aromatic rings. The van der Waals surface area contributed by atoms with Crippen LogP contribution in [0.5, 0.6) is 0 Å². The van der Waals surface area contributed by atoms with Crippen molar-refractivity contribution in [1.29, 1.82) is 0 Å². The average Bonchev–Trinajstić information content (AvgIpc) is 2.51. The Kier molecular flexibility index (Phi) is 11.3. The lowest BCUT2D eigenvalue weighted by Crippen LogP contribution is -2.48. The van der Waals surface area contributed by atoms with Crippen molar-refractivity contribution in [3.05, 3.63) is 0 Å². The van der Waals surface area contributed by atoms with Crippen molar-refractivity contribution in [2.75, 3.05) is 18.6 Å². The van der Waals surface area contributed by atoms with E-state index in [1.807, 2.05) is 6.92 Å². The van der Waals surface area contributed by atoms with E-state index >= 15 is 0 Å². The molecule has 0 spiro atoms. The molecule has 138 valence electrons. The van der Waals surface area contributed by atoms with Gasteiger partial charge in [0.2, 0.25) is 0 Å². The number of esters is 1. The highest BCUT2D eigenvalue weighted by atomic mass is 32.2. The standard InChI is InChI=1S/C15H22F3NO4S/c1-3-4-5-7-11(20)8-6-9-24-10-12(13(21)23-2)19-14(22)15(16,17)18/h11-12,20H,3-5,7,9-10H2,1-2H3,(H,19,22). The lowest BCUT2D eigenvalue weighted by atomic mass is 10.1. The number of carbonyl (C=O) groups excluding carboxylic acids is 2. The molecule has 0 radical (unpaired) electrons. The number of alkyl halides is 3. The van der Waals surface area contributed by atoms with Crippen LogP contribution in [0, 0.1) is 11.8 Å². The van der Waals surface area contributed by atoms with Crippen molar-refractivity contribution in [2.45, 2.75) is 50.9 Å². The Balaban J connectivity index is 4.30. The molecule has 0 rings (SSSR count). The first-order valence-electron chi connectivity index (χ1n) is 7.42. The predicted octanol–water partition coefficient (Wildman–Crippen LogP) is 1.88. The Morgan fingerprint density at radius 2 is 2.00 bits per heavy atom. The monoisotopic (exact) mass is 369 g/mol. The molecular formula is C15H22F3NO4S. The number of halogens is 3. The van der Waals surface area contributed by atoms with E-state index in [-0.39, 0.29) is 11.5 Å². The van der Waals surface area contributed by atoms with Crippen LogP contribution in [-0.2, 0) is 14.3 Å². The largest absolute Gasteiger partial charge is 0.471 e. The Hall–Kier alpha value is -1.40. The molecule has 5 nitrogen and oxygen atoms in total. The summed E-state index contributed by atoms with van der Waals surface area (Å²) in [6.45, 7) is 2.05. The molecule has 2 atom stereocenters. The van der Waals surface area contributed by atoms with Crippen molar-refractivity contribution < 1.29 is 32.6 Å². The molecule has 0 aliphatic rings. The lowest BCUT2D eigenvalue weighted by Gasteiger charge is -2.16. The maximum absolute atomic E-state index is 12.2. The zero-order valence-corrected chi connectivity index (χ0v) is 14.4. The summed E-state index contributed by atoms with van der Waals surface area (Å²) in [5.74, 6) is 2.24. The molecule has 0 bridgehead atoms. The fourth-order valence-electron chi connectivity index (χ4n) is 1.60. The van der Waals surface area contributed by atoms with E-state index in [1.165, 1.54) is 0 Å². The quantitative estimate of drug-likeness (QED) is 0.369. The molecule has 2 N–H and O–H groups in total. The first kappa shape index (κ1) is 22.6. The van der Waals surface area contributed by atoms with Gasteiger partial charge in [-0.25, -0.2) is 4.79 Å². The van der Waals surface area contributed by atoms with Crippen LogP contribution in [0.25, 0.3) is 0 Å². The Morgan fingerprint density at radius 1 is 1.33 bits per heavy atom. The highest BCUT2D eigenvalue weighted by Crippen LogP contribution is 2.15. The SMILES string of the molecule is CCCCCC(O)C#CCSCC(NC(=O)C(F)(F)F)C(=O)OC. The van der Waals surface area contributed by atoms with E-state index in [0.29, 0.717) is 6.42 Å². The van der Waals surface area contributed by atoms with E-state index in [4.69, 9.17) is 0 Å². The summed E-state index contributed by atoms with van der Waals surface area (Å²) in [7, 11) is 1.02. The number of unbranched alkanes of at least 4 members (excludes halogenated alkanes) is 2. The normalized spacial score (nSPS) is 13.4. The van der Waals surface area contributed by atoms with Crippen LogP contribution < -0.4 is 5.32 Å². The van der Waals surface area contributed by atoms with Gasteiger partial charge >= 0.3 is 18.1 Å². The molecule has 0 aromatic carbocycles. The second kappa shape index (κ2) is 12.0. The van der Waals surface area contributed by atoms with Gasteiger partial charge in [-0.15, -0.1) is 11.8 Å². The minimum atomic E-state index is -5.07. The molecule has 0 aromatic heterocycles. The summed E-state index contributed by atoms with van der Waals surface area (Å²) in [6, 6.07) is -1.41. The molecular weight excluding hydrogens is 347 g/mol. The summed E-state index contributed by atoms with van der Waals surface area (Å²) in [5, 5.41) is 11.2. The Labute approximate surface area is 143 Å². The second-order valence-corrected chi connectivity index (χ2v) is 5.93. The van der Waals surface area contributed by atoms with Crippen molar-refractivity contribution in [2.24, 2.45) is 0 Å². The number of amides is 1.